The first-order valence-corrected chi connectivity index (χ1v) is 8.47. The third-order valence-electron chi connectivity index (χ3n) is 4.66. The molecule has 0 saturated carbocycles. The molecule has 0 bridgehead atoms. The van der Waals surface area contributed by atoms with E-state index in [0.29, 0.717) is 24.7 Å². The molecule has 4 atom stereocenters. The quantitative estimate of drug-likeness (QED) is 0.349. The number of aliphatic hydroxyl groups is 1. The molecular formula is C19H25NO5. The van der Waals surface area contributed by atoms with Crippen LogP contribution in [-0.2, 0) is 19.1 Å². The molecular weight excluding hydrogens is 322 g/mol. The van der Waals surface area contributed by atoms with Gasteiger partial charge in [-0.15, -0.1) is 0 Å². The smallest absolute Gasteiger partial charge is 0.334 e. The van der Waals surface area contributed by atoms with E-state index in [-0.39, 0.29) is 17.4 Å². The minimum absolute atomic E-state index is 0.149. The molecule has 25 heavy (non-hydrogen) atoms. The van der Waals surface area contributed by atoms with Crippen LogP contribution >= 0.6 is 0 Å². The molecule has 1 saturated heterocycles. The van der Waals surface area contributed by atoms with E-state index in [4.69, 9.17) is 4.74 Å². The van der Waals surface area contributed by atoms with Crippen LogP contribution in [0.15, 0.2) is 35.5 Å². The maximum absolute atomic E-state index is 12.2. The number of rotatable bonds is 3. The Balaban J connectivity index is 2.46. The number of carbonyl (C=O) groups is 3. The molecule has 0 aromatic carbocycles. The van der Waals surface area contributed by atoms with Crippen molar-refractivity contribution in [3.05, 3.63) is 35.5 Å². The number of hydrogen-bond acceptors (Lipinski definition) is 5. The van der Waals surface area contributed by atoms with E-state index < -0.39 is 30.1 Å². The molecule has 0 unspecified atom stereocenters. The van der Waals surface area contributed by atoms with Crippen molar-refractivity contribution in [2.75, 3.05) is 0 Å². The summed E-state index contributed by atoms with van der Waals surface area (Å²) in [6.45, 7) is 9.09. The lowest BCUT2D eigenvalue weighted by molar-refractivity contribution is -0.138. The van der Waals surface area contributed by atoms with Gasteiger partial charge < -0.3 is 15.2 Å². The molecule has 6 heteroatoms. The van der Waals surface area contributed by atoms with Crippen LogP contribution in [0.1, 0.15) is 33.6 Å². The fourth-order valence-electron chi connectivity index (χ4n) is 3.12. The first-order chi connectivity index (χ1) is 11.8. The Morgan fingerprint density at radius 1 is 1.48 bits per heavy atom. The number of nitrogens with one attached hydrogen (secondary N) is 1. The van der Waals surface area contributed by atoms with Gasteiger partial charge in [0.2, 0.25) is 5.91 Å². The van der Waals surface area contributed by atoms with E-state index in [0.717, 1.165) is 5.57 Å². The van der Waals surface area contributed by atoms with Gasteiger partial charge in [-0.3, -0.25) is 9.59 Å². The van der Waals surface area contributed by atoms with Gasteiger partial charge in [-0.05, 0) is 25.8 Å². The highest BCUT2D eigenvalue weighted by atomic mass is 16.6. The zero-order chi connectivity index (χ0) is 18.7. The second-order valence-corrected chi connectivity index (χ2v) is 6.93. The number of aliphatic hydroxyl groups excluding tert-OH is 1. The second kappa shape index (κ2) is 7.78. The predicted octanol–water partition coefficient (Wildman–Crippen LogP) is 1.45. The summed E-state index contributed by atoms with van der Waals surface area (Å²) in [5, 5.41) is 13.7. The van der Waals surface area contributed by atoms with E-state index in [2.05, 4.69) is 11.9 Å². The summed E-state index contributed by atoms with van der Waals surface area (Å²) in [4.78, 5) is 35.7. The number of allylic oxidation sites excluding steroid dienone is 2. The average molecular weight is 347 g/mol. The lowest BCUT2D eigenvalue weighted by Gasteiger charge is -2.31. The number of esters is 1. The second-order valence-electron chi connectivity index (χ2n) is 6.93. The zero-order valence-electron chi connectivity index (χ0n) is 14.8. The van der Waals surface area contributed by atoms with E-state index in [1.807, 2.05) is 13.0 Å². The van der Waals surface area contributed by atoms with Gasteiger partial charge in [0, 0.05) is 17.1 Å². The molecule has 0 spiro atoms. The Labute approximate surface area is 147 Å². The molecule has 2 N–H and O–H groups in total. The van der Waals surface area contributed by atoms with Crippen LogP contribution < -0.4 is 5.32 Å². The highest BCUT2D eigenvalue weighted by Crippen LogP contribution is 2.34. The number of carbonyl (C=O) groups excluding carboxylic acids is 3. The number of aldehydes is 1. The first kappa shape index (κ1) is 19.1. The van der Waals surface area contributed by atoms with Crippen molar-refractivity contribution in [1.29, 1.82) is 0 Å². The molecule has 1 aliphatic heterocycles. The third-order valence-corrected chi connectivity index (χ3v) is 4.66. The van der Waals surface area contributed by atoms with E-state index in [9.17, 15) is 19.5 Å². The normalized spacial score (nSPS) is 34.3. The van der Waals surface area contributed by atoms with E-state index in [1.54, 1.807) is 19.9 Å². The van der Waals surface area contributed by atoms with Crippen LogP contribution in [0.3, 0.4) is 0 Å². The number of ether oxygens (including phenoxy) is 1. The van der Waals surface area contributed by atoms with Gasteiger partial charge >= 0.3 is 5.97 Å². The number of hydrogen-bond donors (Lipinski definition) is 2. The topological polar surface area (TPSA) is 92.7 Å². The Bertz CT molecular complexity index is 646. The summed E-state index contributed by atoms with van der Waals surface area (Å²) in [6.07, 6.45) is 3.59. The summed E-state index contributed by atoms with van der Waals surface area (Å²) < 4.78 is 5.32. The Kier molecular flexibility index (Phi) is 5.95. The zero-order valence-corrected chi connectivity index (χ0v) is 14.8. The summed E-state index contributed by atoms with van der Waals surface area (Å²) in [7, 11) is 0. The molecule has 6 nitrogen and oxygen atoms in total. The molecule has 2 rings (SSSR count). The van der Waals surface area contributed by atoms with Gasteiger partial charge in [-0.25, -0.2) is 4.79 Å². The summed E-state index contributed by atoms with van der Waals surface area (Å²) in [5.74, 6) is -1.88. The highest BCUT2D eigenvalue weighted by Gasteiger charge is 2.45. The molecule has 1 fully saturated rings. The van der Waals surface area contributed by atoms with Crippen molar-refractivity contribution in [2.45, 2.75) is 51.9 Å². The van der Waals surface area contributed by atoms with Crippen LogP contribution in [0, 0.1) is 11.8 Å². The van der Waals surface area contributed by atoms with Gasteiger partial charge in [0.1, 0.15) is 12.4 Å². The largest absolute Gasteiger partial charge is 0.454 e. The molecule has 0 aromatic rings. The van der Waals surface area contributed by atoms with Crippen LogP contribution in [0.2, 0.25) is 0 Å². The number of fused-ring (bicyclic) bond motifs is 1. The predicted molar refractivity (Wildman–Crippen MR) is 92.4 cm³/mol. The van der Waals surface area contributed by atoms with Gasteiger partial charge in [-0.1, -0.05) is 32.1 Å². The minimum atomic E-state index is -1.20. The Morgan fingerprint density at radius 2 is 2.16 bits per heavy atom. The lowest BCUT2D eigenvalue weighted by atomic mass is 9.82. The fourth-order valence-corrected chi connectivity index (χ4v) is 3.12. The van der Waals surface area contributed by atoms with Gasteiger partial charge in [0.25, 0.3) is 0 Å². The van der Waals surface area contributed by atoms with Crippen molar-refractivity contribution in [3.8, 4) is 0 Å². The van der Waals surface area contributed by atoms with Crippen molar-refractivity contribution in [1.82, 2.24) is 5.32 Å². The minimum Gasteiger partial charge on any atom is -0.454 e. The third kappa shape index (κ3) is 4.07. The molecule has 1 heterocycles. The molecule has 0 radical (unpaired) electrons. The van der Waals surface area contributed by atoms with Gasteiger partial charge in [0.05, 0.1) is 18.1 Å². The van der Waals surface area contributed by atoms with Crippen molar-refractivity contribution < 1.29 is 24.2 Å². The molecule has 0 aromatic heterocycles. The average Bonchev–Trinajstić information content (AvgIpc) is 2.82. The molecule has 1 amide bonds. The van der Waals surface area contributed by atoms with Gasteiger partial charge in [-0.2, -0.15) is 0 Å². The van der Waals surface area contributed by atoms with Crippen LogP contribution in [0.4, 0.5) is 0 Å². The standard InChI is InChI=1S/C19H25NO5/c1-10(2)18(23)20-16-13(9-21)7-5-6-11(3)8-14-15(17(16)22)12(4)19(24)25-14/h7-10,14-17,22H,4-6H2,1-3H3,(H,20,23)/b11-8+,13-7-/t14-,15+,16+,17+/m1/s1. The number of amides is 1. The summed E-state index contributed by atoms with van der Waals surface area (Å²) in [6, 6.07) is -0.919. The van der Waals surface area contributed by atoms with Gasteiger partial charge in [0.15, 0.2) is 0 Å². The molecule has 136 valence electrons. The fraction of sp³-hybridized carbons (Fsp3) is 0.526. The molecule has 1 aliphatic carbocycles. The molecule has 2 aliphatic rings. The highest BCUT2D eigenvalue weighted by molar-refractivity contribution is 5.91. The maximum atomic E-state index is 12.2. The van der Waals surface area contributed by atoms with E-state index in [1.165, 1.54) is 0 Å². The summed E-state index contributed by atoms with van der Waals surface area (Å²) in [5.41, 5.74) is 1.44. The monoisotopic (exact) mass is 347 g/mol. The van der Waals surface area contributed by atoms with Crippen molar-refractivity contribution in [2.24, 2.45) is 11.8 Å². The van der Waals surface area contributed by atoms with E-state index >= 15 is 0 Å². The first-order valence-electron chi connectivity index (χ1n) is 8.47. The lowest BCUT2D eigenvalue weighted by Crippen LogP contribution is -2.51. The maximum Gasteiger partial charge on any atom is 0.334 e. The van der Waals surface area contributed by atoms with Crippen LogP contribution in [0.5, 0.6) is 0 Å². The van der Waals surface area contributed by atoms with Crippen LogP contribution in [0.25, 0.3) is 0 Å². The Morgan fingerprint density at radius 3 is 2.76 bits per heavy atom. The SMILES string of the molecule is C=C1C(=O)O[C@@H]2/C=C(\C)CC/C=C(/C=O)[C@H](NC(=O)C(C)C)[C@@H](O)[C@@H]12. The van der Waals surface area contributed by atoms with Crippen molar-refractivity contribution >= 4 is 18.2 Å². The Hall–Kier alpha value is -2.21. The summed E-state index contributed by atoms with van der Waals surface area (Å²) >= 11 is 0. The van der Waals surface area contributed by atoms with Crippen LogP contribution in [-0.4, -0.2) is 41.5 Å². The van der Waals surface area contributed by atoms with Crippen molar-refractivity contribution in [3.63, 3.8) is 0 Å².